The molecule has 0 aliphatic carbocycles. The molecule has 1 atom stereocenters. The largest absolute Gasteiger partial charge is 0.389 e. The molecule has 0 fully saturated rings. The zero-order valence-corrected chi connectivity index (χ0v) is 11.3. The molecule has 0 unspecified atom stereocenters. The Hall–Kier alpha value is -1.78. The highest BCUT2D eigenvalue weighted by atomic mass is 32.2. The first-order valence-electron chi connectivity index (χ1n) is 6.12. The molecule has 1 aromatic carbocycles. The maximum Gasteiger partial charge on any atom is 0.108 e. The number of aliphatic hydroxyl groups is 1. The lowest BCUT2D eigenvalue weighted by Crippen LogP contribution is -1.95. The maximum absolute atomic E-state index is 9.76. The second-order valence-corrected chi connectivity index (χ2v) is 5.43. The summed E-state index contributed by atoms with van der Waals surface area (Å²) in [6.45, 7) is 1.76. The smallest absolute Gasteiger partial charge is 0.108 e. The lowest BCUT2D eigenvalue weighted by Gasteiger charge is -2.08. The number of hydrogen-bond donors (Lipinski definition) is 2. The molecule has 3 aromatic rings. The van der Waals surface area contributed by atoms with Gasteiger partial charge in [0.2, 0.25) is 0 Å². The van der Waals surface area contributed by atoms with E-state index in [0.29, 0.717) is 0 Å². The number of benzene rings is 1. The second kappa shape index (κ2) is 5.07. The third-order valence-corrected chi connectivity index (χ3v) is 3.94. The average Bonchev–Trinajstić information content (AvgIpc) is 2.81. The monoisotopic (exact) mass is 270 g/mol. The van der Waals surface area contributed by atoms with Gasteiger partial charge in [0.1, 0.15) is 5.03 Å². The minimum Gasteiger partial charge on any atom is -0.389 e. The molecule has 4 heteroatoms. The van der Waals surface area contributed by atoms with E-state index in [0.717, 1.165) is 21.1 Å². The SMILES string of the molecule is C[C@@H](O)c1cccnc1Sc1cc2ccccc2[nH]1. The van der Waals surface area contributed by atoms with Crippen LogP contribution in [-0.2, 0) is 0 Å². The van der Waals surface area contributed by atoms with Crippen molar-refractivity contribution in [3.8, 4) is 0 Å². The fraction of sp³-hybridized carbons (Fsp3) is 0.133. The van der Waals surface area contributed by atoms with Gasteiger partial charge in [-0.05, 0) is 25.1 Å². The molecule has 0 bridgehead atoms. The molecule has 0 spiro atoms. The van der Waals surface area contributed by atoms with Gasteiger partial charge in [0.05, 0.1) is 11.1 Å². The maximum atomic E-state index is 9.76. The molecule has 0 aliphatic rings. The first-order chi connectivity index (χ1) is 9.24. The van der Waals surface area contributed by atoms with Gasteiger partial charge in [-0.15, -0.1) is 0 Å². The Morgan fingerprint density at radius 1 is 1.21 bits per heavy atom. The van der Waals surface area contributed by atoms with Crippen LogP contribution in [0.15, 0.2) is 58.7 Å². The molecular formula is C15H14N2OS. The summed E-state index contributed by atoms with van der Waals surface area (Å²) >= 11 is 1.54. The predicted octanol–water partition coefficient (Wildman–Crippen LogP) is 3.77. The molecule has 0 radical (unpaired) electrons. The van der Waals surface area contributed by atoms with E-state index in [9.17, 15) is 5.11 Å². The Balaban J connectivity index is 1.97. The molecule has 96 valence electrons. The summed E-state index contributed by atoms with van der Waals surface area (Å²) in [5.74, 6) is 0. The number of pyridine rings is 1. The van der Waals surface area contributed by atoms with Crippen molar-refractivity contribution in [2.24, 2.45) is 0 Å². The van der Waals surface area contributed by atoms with Crippen molar-refractivity contribution in [3.05, 3.63) is 54.2 Å². The second-order valence-electron chi connectivity index (χ2n) is 4.40. The van der Waals surface area contributed by atoms with Gasteiger partial charge in [0.15, 0.2) is 0 Å². The Morgan fingerprint density at radius 2 is 2.05 bits per heavy atom. The molecular weight excluding hydrogens is 256 g/mol. The van der Waals surface area contributed by atoms with E-state index in [-0.39, 0.29) is 0 Å². The molecule has 0 saturated carbocycles. The van der Waals surface area contributed by atoms with Gasteiger partial charge in [-0.25, -0.2) is 4.98 Å². The zero-order chi connectivity index (χ0) is 13.2. The number of hydrogen-bond acceptors (Lipinski definition) is 3. The quantitative estimate of drug-likeness (QED) is 0.761. The highest BCUT2D eigenvalue weighted by Gasteiger charge is 2.11. The summed E-state index contributed by atoms with van der Waals surface area (Å²) in [5.41, 5.74) is 1.96. The van der Waals surface area contributed by atoms with Crippen LogP contribution in [0.2, 0.25) is 0 Å². The minimum absolute atomic E-state index is 0.513. The van der Waals surface area contributed by atoms with Gasteiger partial charge >= 0.3 is 0 Å². The minimum atomic E-state index is -0.513. The van der Waals surface area contributed by atoms with Gasteiger partial charge in [-0.2, -0.15) is 0 Å². The number of aliphatic hydroxyl groups excluding tert-OH is 1. The summed E-state index contributed by atoms with van der Waals surface area (Å²) in [7, 11) is 0. The number of fused-ring (bicyclic) bond motifs is 1. The first-order valence-corrected chi connectivity index (χ1v) is 6.94. The van der Waals surface area contributed by atoms with Crippen molar-refractivity contribution in [2.75, 3.05) is 0 Å². The van der Waals surface area contributed by atoms with Crippen molar-refractivity contribution in [1.82, 2.24) is 9.97 Å². The van der Waals surface area contributed by atoms with Crippen molar-refractivity contribution < 1.29 is 5.11 Å². The summed E-state index contributed by atoms with van der Waals surface area (Å²) in [4.78, 5) is 7.70. The summed E-state index contributed by atoms with van der Waals surface area (Å²) < 4.78 is 0. The van der Waals surface area contributed by atoms with Gasteiger partial charge in [0, 0.05) is 22.7 Å². The Kier molecular flexibility index (Phi) is 3.27. The molecule has 0 aliphatic heterocycles. The van der Waals surface area contributed by atoms with E-state index in [1.54, 1.807) is 24.9 Å². The highest BCUT2D eigenvalue weighted by molar-refractivity contribution is 7.99. The zero-order valence-electron chi connectivity index (χ0n) is 10.5. The van der Waals surface area contributed by atoms with E-state index >= 15 is 0 Å². The van der Waals surface area contributed by atoms with Crippen molar-refractivity contribution in [2.45, 2.75) is 23.1 Å². The summed E-state index contributed by atoms with van der Waals surface area (Å²) in [5, 5.41) is 12.8. The van der Waals surface area contributed by atoms with Gasteiger partial charge in [-0.1, -0.05) is 36.0 Å². The number of H-pyrrole nitrogens is 1. The van der Waals surface area contributed by atoms with Crippen LogP contribution in [-0.4, -0.2) is 15.1 Å². The van der Waals surface area contributed by atoms with Gasteiger partial charge in [0.25, 0.3) is 0 Å². The number of aromatic amines is 1. The summed E-state index contributed by atoms with van der Waals surface area (Å²) in [6.07, 6.45) is 1.23. The highest BCUT2D eigenvalue weighted by Crippen LogP contribution is 2.32. The molecule has 0 amide bonds. The molecule has 3 nitrogen and oxygen atoms in total. The standard InChI is InChI=1S/C15H14N2OS/c1-10(18)12-6-4-8-16-15(12)19-14-9-11-5-2-3-7-13(11)17-14/h2-10,17-18H,1H3/t10-/m1/s1. The van der Waals surface area contributed by atoms with E-state index in [1.165, 1.54) is 5.39 Å². The normalized spacial score (nSPS) is 12.7. The third-order valence-electron chi connectivity index (χ3n) is 2.96. The van der Waals surface area contributed by atoms with E-state index in [4.69, 9.17) is 0 Å². The third kappa shape index (κ3) is 2.50. The Labute approximate surface area is 115 Å². The predicted molar refractivity (Wildman–Crippen MR) is 77.3 cm³/mol. The van der Waals surface area contributed by atoms with Crippen LogP contribution < -0.4 is 0 Å². The van der Waals surface area contributed by atoms with Crippen LogP contribution in [0, 0.1) is 0 Å². The number of rotatable bonds is 3. The molecule has 2 aromatic heterocycles. The van der Waals surface area contributed by atoms with Crippen molar-refractivity contribution in [1.29, 1.82) is 0 Å². The molecule has 2 heterocycles. The number of nitrogens with zero attached hydrogens (tertiary/aromatic N) is 1. The van der Waals surface area contributed by atoms with Crippen LogP contribution in [0.5, 0.6) is 0 Å². The van der Waals surface area contributed by atoms with Crippen molar-refractivity contribution in [3.63, 3.8) is 0 Å². The fourth-order valence-corrected chi connectivity index (χ4v) is 3.04. The number of para-hydroxylation sites is 1. The van der Waals surface area contributed by atoms with E-state index in [1.807, 2.05) is 30.3 Å². The van der Waals surface area contributed by atoms with E-state index in [2.05, 4.69) is 22.1 Å². The fourth-order valence-electron chi connectivity index (χ4n) is 2.01. The van der Waals surface area contributed by atoms with Gasteiger partial charge in [-0.3, -0.25) is 0 Å². The van der Waals surface area contributed by atoms with Crippen molar-refractivity contribution >= 4 is 22.7 Å². The summed E-state index contributed by atoms with van der Waals surface area (Å²) in [6, 6.07) is 14.0. The van der Waals surface area contributed by atoms with Crippen LogP contribution in [0.1, 0.15) is 18.6 Å². The number of nitrogens with one attached hydrogen (secondary N) is 1. The van der Waals surface area contributed by atoms with Crippen LogP contribution in [0.3, 0.4) is 0 Å². The topological polar surface area (TPSA) is 48.9 Å². The Morgan fingerprint density at radius 3 is 2.84 bits per heavy atom. The number of aromatic nitrogens is 2. The lowest BCUT2D eigenvalue weighted by atomic mass is 10.2. The molecule has 3 rings (SSSR count). The average molecular weight is 270 g/mol. The molecule has 0 saturated heterocycles. The van der Waals surface area contributed by atoms with Gasteiger partial charge < -0.3 is 10.1 Å². The molecule has 19 heavy (non-hydrogen) atoms. The molecule has 2 N–H and O–H groups in total. The lowest BCUT2D eigenvalue weighted by molar-refractivity contribution is 0.195. The Bertz CT molecular complexity index is 673. The van der Waals surface area contributed by atoms with Crippen LogP contribution >= 0.6 is 11.8 Å². The van der Waals surface area contributed by atoms with Crippen LogP contribution in [0.4, 0.5) is 0 Å². The van der Waals surface area contributed by atoms with Crippen LogP contribution in [0.25, 0.3) is 10.9 Å². The first kappa shape index (κ1) is 12.3. The van der Waals surface area contributed by atoms with E-state index < -0.39 is 6.10 Å².